The van der Waals surface area contributed by atoms with E-state index in [4.69, 9.17) is 5.11 Å². The Morgan fingerprint density at radius 1 is 1.20 bits per heavy atom. The Balaban J connectivity index is 3.09. The van der Waals surface area contributed by atoms with Crippen LogP contribution in [0.15, 0.2) is 4.90 Å². The average molecular weight is 241 g/mol. The van der Waals surface area contributed by atoms with Gasteiger partial charge in [0.1, 0.15) is 0 Å². The standard InChI is InChI=1S/C7H3F4NO2S/c8-3-5(15-1-2(13)14)4(9)7(11)12-6(3)10/h1H2,(H,13,14). The monoisotopic (exact) mass is 241 g/mol. The number of nitrogens with zero attached hydrogens (tertiary/aromatic N) is 1. The van der Waals surface area contributed by atoms with Gasteiger partial charge in [-0.25, -0.2) is 8.78 Å². The number of rotatable bonds is 3. The third-order valence-electron chi connectivity index (χ3n) is 1.30. The van der Waals surface area contributed by atoms with Gasteiger partial charge in [0.25, 0.3) is 11.9 Å². The van der Waals surface area contributed by atoms with E-state index in [0.29, 0.717) is 0 Å². The molecule has 0 aliphatic rings. The fourth-order valence-corrected chi connectivity index (χ4v) is 1.42. The van der Waals surface area contributed by atoms with Crippen LogP contribution in [0.25, 0.3) is 0 Å². The van der Waals surface area contributed by atoms with Gasteiger partial charge in [0.15, 0.2) is 11.6 Å². The molecule has 0 bridgehead atoms. The Labute approximate surface area is 85.1 Å². The van der Waals surface area contributed by atoms with E-state index in [2.05, 4.69) is 4.98 Å². The van der Waals surface area contributed by atoms with Gasteiger partial charge >= 0.3 is 5.97 Å². The normalized spacial score (nSPS) is 10.4. The van der Waals surface area contributed by atoms with Crippen LogP contribution in [0.4, 0.5) is 17.6 Å². The second-order valence-electron chi connectivity index (χ2n) is 2.33. The number of halogens is 4. The summed E-state index contributed by atoms with van der Waals surface area (Å²) in [6.07, 6.45) is 0. The Hall–Kier alpha value is -1.31. The fraction of sp³-hybridized carbons (Fsp3) is 0.143. The highest BCUT2D eigenvalue weighted by atomic mass is 32.2. The van der Waals surface area contributed by atoms with Crippen molar-refractivity contribution in [2.45, 2.75) is 4.90 Å². The highest BCUT2D eigenvalue weighted by molar-refractivity contribution is 8.00. The van der Waals surface area contributed by atoms with Crippen molar-refractivity contribution in [1.82, 2.24) is 4.98 Å². The molecule has 0 spiro atoms. The van der Waals surface area contributed by atoms with E-state index >= 15 is 0 Å². The van der Waals surface area contributed by atoms with Crippen LogP contribution in [-0.4, -0.2) is 21.8 Å². The van der Waals surface area contributed by atoms with Gasteiger partial charge in [-0.05, 0) is 0 Å². The number of aromatic nitrogens is 1. The molecule has 1 aromatic rings. The number of thioether (sulfide) groups is 1. The van der Waals surface area contributed by atoms with E-state index in [1.807, 2.05) is 0 Å². The Morgan fingerprint density at radius 3 is 2.07 bits per heavy atom. The molecule has 0 radical (unpaired) electrons. The fourth-order valence-electron chi connectivity index (χ4n) is 0.729. The smallest absolute Gasteiger partial charge is 0.313 e. The van der Waals surface area contributed by atoms with Gasteiger partial charge < -0.3 is 5.11 Å². The summed E-state index contributed by atoms with van der Waals surface area (Å²) < 4.78 is 50.7. The highest BCUT2D eigenvalue weighted by Crippen LogP contribution is 2.26. The molecule has 0 amide bonds. The lowest BCUT2D eigenvalue weighted by atomic mass is 10.4. The summed E-state index contributed by atoms with van der Waals surface area (Å²) in [5.74, 6) is -9.07. The second-order valence-corrected chi connectivity index (χ2v) is 3.32. The van der Waals surface area contributed by atoms with E-state index in [9.17, 15) is 22.4 Å². The van der Waals surface area contributed by atoms with E-state index in [1.165, 1.54) is 0 Å². The summed E-state index contributed by atoms with van der Waals surface area (Å²) in [5, 5.41) is 8.23. The number of carbonyl (C=O) groups is 1. The zero-order chi connectivity index (χ0) is 11.6. The lowest BCUT2D eigenvalue weighted by Crippen LogP contribution is -2.05. The van der Waals surface area contributed by atoms with Crippen LogP contribution in [-0.2, 0) is 4.79 Å². The third kappa shape index (κ3) is 2.58. The van der Waals surface area contributed by atoms with Crippen LogP contribution in [0.5, 0.6) is 0 Å². The summed E-state index contributed by atoms with van der Waals surface area (Å²) in [6.45, 7) is 0. The van der Waals surface area contributed by atoms with Crippen molar-refractivity contribution in [1.29, 1.82) is 0 Å². The lowest BCUT2D eigenvalue weighted by molar-refractivity contribution is -0.133. The van der Waals surface area contributed by atoms with Gasteiger partial charge in [-0.3, -0.25) is 4.79 Å². The first kappa shape index (κ1) is 11.8. The van der Waals surface area contributed by atoms with Crippen LogP contribution in [0.1, 0.15) is 0 Å². The van der Waals surface area contributed by atoms with Crippen LogP contribution < -0.4 is 0 Å². The highest BCUT2D eigenvalue weighted by Gasteiger charge is 2.21. The molecule has 3 nitrogen and oxygen atoms in total. The molecule has 0 aliphatic carbocycles. The van der Waals surface area contributed by atoms with Gasteiger partial charge in [-0.1, -0.05) is 0 Å². The molecule has 0 aromatic carbocycles. The largest absolute Gasteiger partial charge is 0.481 e. The van der Waals surface area contributed by atoms with E-state index in [-0.39, 0.29) is 11.8 Å². The maximum Gasteiger partial charge on any atom is 0.313 e. The molecule has 0 unspecified atom stereocenters. The summed E-state index contributed by atoms with van der Waals surface area (Å²) in [7, 11) is 0. The molecular weight excluding hydrogens is 238 g/mol. The van der Waals surface area contributed by atoms with Crippen molar-refractivity contribution in [2.75, 3.05) is 5.75 Å². The molecule has 0 saturated carbocycles. The zero-order valence-electron chi connectivity index (χ0n) is 6.93. The molecule has 0 aliphatic heterocycles. The summed E-state index contributed by atoms with van der Waals surface area (Å²) in [6, 6.07) is 0. The Bertz CT molecular complexity index is 386. The molecule has 1 N–H and O–H groups in total. The van der Waals surface area contributed by atoms with Crippen molar-refractivity contribution in [3.63, 3.8) is 0 Å². The first-order valence-corrected chi connectivity index (χ1v) is 4.46. The van der Waals surface area contributed by atoms with Crippen molar-refractivity contribution < 1.29 is 27.5 Å². The zero-order valence-corrected chi connectivity index (χ0v) is 7.75. The molecule has 1 heterocycles. The first-order chi connectivity index (χ1) is 6.93. The molecule has 0 saturated heterocycles. The maximum atomic E-state index is 12.8. The van der Waals surface area contributed by atoms with Gasteiger partial charge in [0.2, 0.25) is 0 Å². The summed E-state index contributed by atoms with van der Waals surface area (Å²) >= 11 is 0.141. The Morgan fingerprint density at radius 2 is 1.67 bits per heavy atom. The second kappa shape index (κ2) is 4.47. The van der Waals surface area contributed by atoms with Crippen molar-refractivity contribution >= 4 is 17.7 Å². The number of carboxylic acid groups (broad SMARTS) is 1. The van der Waals surface area contributed by atoms with Crippen LogP contribution in [0.3, 0.4) is 0 Å². The van der Waals surface area contributed by atoms with Gasteiger partial charge in [0, 0.05) is 0 Å². The molecular formula is C7H3F4NO2S. The molecule has 0 fully saturated rings. The van der Waals surface area contributed by atoms with Crippen molar-refractivity contribution in [2.24, 2.45) is 0 Å². The average Bonchev–Trinajstić information content (AvgIpc) is 2.14. The van der Waals surface area contributed by atoms with E-state index in [0.717, 1.165) is 0 Å². The lowest BCUT2D eigenvalue weighted by Gasteiger charge is -2.03. The number of carboxylic acids is 1. The van der Waals surface area contributed by atoms with Gasteiger partial charge in [-0.2, -0.15) is 13.8 Å². The van der Waals surface area contributed by atoms with Crippen LogP contribution in [0.2, 0.25) is 0 Å². The quantitative estimate of drug-likeness (QED) is 0.498. The third-order valence-corrected chi connectivity index (χ3v) is 2.34. The number of hydrogen-bond donors (Lipinski definition) is 1. The maximum absolute atomic E-state index is 12.8. The molecule has 1 aromatic heterocycles. The van der Waals surface area contributed by atoms with E-state index in [1.54, 1.807) is 0 Å². The summed E-state index contributed by atoms with van der Waals surface area (Å²) in [4.78, 5) is 11.4. The van der Waals surface area contributed by atoms with Crippen molar-refractivity contribution in [3.05, 3.63) is 23.5 Å². The molecule has 1 rings (SSSR count). The number of hydrogen-bond acceptors (Lipinski definition) is 3. The Kier molecular flexibility index (Phi) is 3.51. The van der Waals surface area contributed by atoms with Gasteiger partial charge in [-0.15, -0.1) is 11.8 Å². The predicted octanol–water partition coefficient (Wildman–Crippen LogP) is 1.81. The van der Waals surface area contributed by atoms with Gasteiger partial charge in [0.05, 0.1) is 10.6 Å². The molecule has 0 atom stereocenters. The van der Waals surface area contributed by atoms with Crippen molar-refractivity contribution in [3.8, 4) is 0 Å². The van der Waals surface area contributed by atoms with E-state index < -0.39 is 40.1 Å². The predicted molar refractivity (Wildman–Crippen MR) is 42.4 cm³/mol. The van der Waals surface area contributed by atoms with Crippen LogP contribution >= 0.6 is 11.8 Å². The minimum absolute atomic E-state index is 0.141. The minimum Gasteiger partial charge on any atom is -0.481 e. The number of pyridine rings is 1. The molecule has 82 valence electrons. The number of aliphatic carboxylic acids is 1. The topological polar surface area (TPSA) is 50.2 Å². The molecule has 8 heteroatoms. The minimum atomic E-state index is -1.80. The molecule has 15 heavy (non-hydrogen) atoms. The first-order valence-electron chi connectivity index (χ1n) is 3.48. The van der Waals surface area contributed by atoms with Crippen LogP contribution in [0, 0.1) is 23.5 Å². The SMILES string of the molecule is O=C(O)CSc1c(F)c(F)nc(F)c1F. The summed E-state index contributed by atoms with van der Waals surface area (Å²) in [5.41, 5.74) is 0.